The number of unbranched alkanes of at least 4 members (excludes halogenated alkanes) is 1. The van der Waals surface area contributed by atoms with E-state index in [4.69, 9.17) is 9.84 Å². The van der Waals surface area contributed by atoms with Gasteiger partial charge in [0, 0.05) is 12.6 Å². The second kappa shape index (κ2) is 6.80. The lowest BCUT2D eigenvalue weighted by atomic mass is 10.3. The molecular weight excluding hydrogens is 194 g/mol. The number of esters is 1. The van der Waals surface area contributed by atoms with Crippen LogP contribution >= 0.6 is 0 Å². The highest BCUT2D eigenvalue weighted by Crippen LogP contribution is 2.26. The number of carbonyl (C=O) groups excluding carboxylic acids is 1. The van der Waals surface area contributed by atoms with E-state index in [9.17, 15) is 4.79 Å². The quantitative estimate of drug-likeness (QED) is 0.480. The number of hydrogen-bond acceptors (Lipinski definition) is 4. The molecule has 0 saturated heterocycles. The molecule has 0 aromatic heterocycles. The van der Waals surface area contributed by atoms with Gasteiger partial charge in [-0.3, -0.25) is 9.69 Å². The third-order valence-electron chi connectivity index (χ3n) is 2.55. The summed E-state index contributed by atoms with van der Waals surface area (Å²) in [7, 11) is 0. The van der Waals surface area contributed by atoms with Crippen LogP contribution in [0.4, 0.5) is 0 Å². The molecule has 0 spiro atoms. The summed E-state index contributed by atoms with van der Waals surface area (Å²) in [4.78, 5) is 13.5. The van der Waals surface area contributed by atoms with Crippen molar-refractivity contribution in [2.75, 3.05) is 26.3 Å². The molecule has 0 aromatic carbocycles. The van der Waals surface area contributed by atoms with Gasteiger partial charge in [0.2, 0.25) is 0 Å². The average molecular weight is 215 g/mol. The zero-order valence-electron chi connectivity index (χ0n) is 9.45. The van der Waals surface area contributed by atoms with Crippen LogP contribution in [0.3, 0.4) is 0 Å². The van der Waals surface area contributed by atoms with Crippen LogP contribution in [0.2, 0.25) is 0 Å². The fourth-order valence-electron chi connectivity index (χ4n) is 1.63. The van der Waals surface area contributed by atoms with Crippen molar-refractivity contribution in [3.63, 3.8) is 0 Å². The predicted octanol–water partition coefficient (Wildman–Crippen LogP) is 0.786. The summed E-state index contributed by atoms with van der Waals surface area (Å²) in [5, 5.41) is 8.69. The summed E-state index contributed by atoms with van der Waals surface area (Å²) in [5.41, 5.74) is 0. The van der Waals surface area contributed by atoms with Crippen LogP contribution in [-0.4, -0.2) is 48.3 Å². The molecule has 4 heteroatoms. The molecule has 1 saturated carbocycles. The van der Waals surface area contributed by atoms with Gasteiger partial charge in [0.25, 0.3) is 0 Å². The maximum absolute atomic E-state index is 11.3. The van der Waals surface area contributed by atoms with Gasteiger partial charge in [0.15, 0.2) is 0 Å². The van der Waals surface area contributed by atoms with Crippen molar-refractivity contribution in [1.82, 2.24) is 4.90 Å². The Labute approximate surface area is 91.2 Å². The Balaban J connectivity index is 2.20. The van der Waals surface area contributed by atoms with Crippen LogP contribution in [0.1, 0.15) is 32.6 Å². The third kappa shape index (κ3) is 5.14. The first-order valence-corrected chi connectivity index (χ1v) is 5.78. The fourth-order valence-corrected chi connectivity index (χ4v) is 1.63. The van der Waals surface area contributed by atoms with E-state index in [-0.39, 0.29) is 12.6 Å². The first-order valence-electron chi connectivity index (χ1n) is 5.78. The summed E-state index contributed by atoms with van der Waals surface area (Å²) in [6, 6.07) is 0.577. The van der Waals surface area contributed by atoms with E-state index in [1.807, 2.05) is 6.92 Å². The second-order valence-electron chi connectivity index (χ2n) is 3.94. The summed E-state index contributed by atoms with van der Waals surface area (Å²) >= 11 is 0. The summed E-state index contributed by atoms with van der Waals surface area (Å²) in [6.07, 6.45) is 4.15. The van der Waals surface area contributed by atoms with Crippen molar-refractivity contribution in [2.24, 2.45) is 0 Å². The number of hydrogen-bond donors (Lipinski definition) is 1. The zero-order chi connectivity index (χ0) is 11.1. The van der Waals surface area contributed by atoms with E-state index >= 15 is 0 Å². The molecule has 0 aliphatic heterocycles. The normalized spacial score (nSPS) is 15.7. The number of rotatable bonds is 8. The van der Waals surface area contributed by atoms with E-state index in [1.54, 1.807) is 0 Å². The minimum atomic E-state index is -0.131. The molecule has 0 aromatic rings. The molecule has 0 atom stereocenters. The standard InChI is InChI=1S/C11H21NO3/c1-2-15-11(14)9-12(10-5-6-10)7-3-4-8-13/h10,13H,2-9H2,1H3. The average Bonchev–Trinajstić information content (AvgIpc) is 3.00. The smallest absolute Gasteiger partial charge is 0.320 e. The Kier molecular flexibility index (Phi) is 5.65. The van der Waals surface area contributed by atoms with Crippen LogP contribution in [0, 0.1) is 0 Å². The van der Waals surface area contributed by atoms with Crippen molar-refractivity contribution < 1.29 is 14.6 Å². The Hall–Kier alpha value is -0.610. The lowest BCUT2D eigenvalue weighted by molar-refractivity contribution is -0.144. The molecule has 1 aliphatic rings. The second-order valence-corrected chi connectivity index (χ2v) is 3.94. The van der Waals surface area contributed by atoms with Crippen LogP contribution < -0.4 is 0 Å². The molecule has 1 fully saturated rings. The van der Waals surface area contributed by atoms with E-state index in [2.05, 4.69) is 4.90 Å². The van der Waals surface area contributed by atoms with Crippen LogP contribution in [0.15, 0.2) is 0 Å². The van der Waals surface area contributed by atoms with Gasteiger partial charge < -0.3 is 9.84 Å². The predicted molar refractivity (Wildman–Crippen MR) is 57.5 cm³/mol. The number of carbonyl (C=O) groups is 1. The summed E-state index contributed by atoms with van der Waals surface area (Å²) in [6.45, 7) is 3.81. The van der Waals surface area contributed by atoms with E-state index in [0.717, 1.165) is 19.4 Å². The van der Waals surface area contributed by atoms with Gasteiger partial charge in [0.05, 0.1) is 13.2 Å². The third-order valence-corrected chi connectivity index (χ3v) is 2.55. The van der Waals surface area contributed by atoms with Crippen molar-refractivity contribution in [3.05, 3.63) is 0 Å². The molecule has 88 valence electrons. The van der Waals surface area contributed by atoms with Crippen LogP contribution in [-0.2, 0) is 9.53 Å². The number of aliphatic hydroxyl groups is 1. The van der Waals surface area contributed by atoms with Gasteiger partial charge in [-0.25, -0.2) is 0 Å². The number of nitrogens with zero attached hydrogens (tertiary/aromatic N) is 1. The molecule has 0 amide bonds. The van der Waals surface area contributed by atoms with Crippen LogP contribution in [0.25, 0.3) is 0 Å². The molecule has 0 bridgehead atoms. The van der Waals surface area contributed by atoms with E-state index in [0.29, 0.717) is 19.2 Å². The first-order chi connectivity index (χ1) is 7.27. The molecule has 15 heavy (non-hydrogen) atoms. The Morgan fingerprint density at radius 2 is 2.20 bits per heavy atom. The van der Waals surface area contributed by atoms with Crippen molar-refractivity contribution in [1.29, 1.82) is 0 Å². The lowest BCUT2D eigenvalue weighted by Crippen LogP contribution is -2.33. The highest BCUT2D eigenvalue weighted by atomic mass is 16.5. The van der Waals surface area contributed by atoms with Crippen molar-refractivity contribution in [3.8, 4) is 0 Å². The Morgan fingerprint density at radius 3 is 2.73 bits per heavy atom. The molecule has 1 aliphatic carbocycles. The molecule has 1 N–H and O–H groups in total. The van der Waals surface area contributed by atoms with Gasteiger partial charge in [-0.05, 0) is 39.2 Å². The zero-order valence-corrected chi connectivity index (χ0v) is 9.45. The van der Waals surface area contributed by atoms with E-state index < -0.39 is 0 Å². The minimum Gasteiger partial charge on any atom is -0.465 e. The van der Waals surface area contributed by atoms with Gasteiger partial charge in [0.1, 0.15) is 0 Å². The highest BCUT2D eigenvalue weighted by molar-refractivity contribution is 5.71. The maximum atomic E-state index is 11.3. The molecule has 4 nitrogen and oxygen atoms in total. The molecule has 0 radical (unpaired) electrons. The molecule has 0 heterocycles. The maximum Gasteiger partial charge on any atom is 0.320 e. The molecule has 1 rings (SSSR count). The summed E-state index contributed by atoms with van der Waals surface area (Å²) < 4.78 is 4.93. The fraction of sp³-hybridized carbons (Fsp3) is 0.909. The lowest BCUT2D eigenvalue weighted by Gasteiger charge is -2.20. The monoisotopic (exact) mass is 215 g/mol. The first kappa shape index (κ1) is 12.5. The Bertz CT molecular complexity index is 192. The highest BCUT2D eigenvalue weighted by Gasteiger charge is 2.29. The summed E-state index contributed by atoms with van der Waals surface area (Å²) in [5.74, 6) is -0.131. The topological polar surface area (TPSA) is 49.8 Å². The number of ether oxygens (including phenoxy) is 1. The van der Waals surface area contributed by atoms with Crippen molar-refractivity contribution in [2.45, 2.75) is 38.6 Å². The van der Waals surface area contributed by atoms with Crippen LogP contribution in [0.5, 0.6) is 0 Å². The van der Waals surface area contributed by atoms with Crippen molar-refractivity contribution >= 4 is 5.97 Å². The van der Waals surface area contributed by atoms with E-state index in [1.165, 1.54) is 12.8 Å². The van der Waals surface area contributed by atoms with Gasteiger partial charge in [-0.1, -0.05) is 0 Å². The molecular formula is C11H21NO3. The number of aliphatic hydroxyl groups excluding tert-OH is 1. The Morgan fingerprint density at radius 1 is 1.47 bits per heavy atom. The minimum absolute atomic E-state index is 0.131. The molecule has 0 unspecified atom stereocenters. The largest absolute Gasteiger partial charge is 0.465 e. The SMILES string of the molecule is CCOC(=O)CN(CCCCO)C1CC1. The van der Waals surface area contributed by atoms with Gasteiger partial charge in [-0.2, -0.15) is 0 Å². The van der Waals surface area contributed by atoms with Gasteiger partial charge >= 0.3 is 5.97 Å². The van der Waals surface area contributed by atoms with Gasteiger partial charge in [-0.15, -0.1) is 0 Å².